The highest BCUT2D eigenvalue weighted by molar-refractivity contribution is 14.1. The lowest BCUT2D eigenvalue weighted by Crippen LogP contribution is -2.58. The molecule has 2 atom stereocenters. The summed E-state index contributed by atoms with van der Waals surface area (Å²) >= 11 is 1.86. The first kappa shape index (κ1) is 7.77. The molecule has 56 valence electrons. The van der Waals surface area contributed by atoms with Gasteiger partial charge in [0.15, 0.2) is 4.05 Å². The third-order valence-corrected chi connectivity index (χ3v) is 2.13. The van der Waals surface area contributed by atoms with Gasteiger partial charge in [0, 0.05) is 0 Å². The zero-order valence-electron chi connectivity index (χ0n) is 5.35. The summed E-state index contributed by atoms with van der Waals surface area (Å²) in [5, 5.41) is 5.03. The summed E-state index contributed by atoms with van der Waals surface area (Å²) in [6.07, 6.45) is 0. The van der Waals surface area contributed by atoms with Crippen LogP contribution in [0.25, 0.3) is 0 Å². The van der Waals surface area contributed by atoms with Crippen LogP contribution in [0.3, 0.4) is 0 Å². The number of hydrogen-bond acceptors (Lipinski definition) is 2. The maximum atomic E-state index is 10.8. The molecule has 0 spiro atoms. The summed E-state index contributed by atoms with van der Waals surface area (Å²) in [5.41, 5.74) is 0. The van der Waals surface area contributed by atoms with Crippen LogP contribution in [0.5, 0.6) is 0 Å². The average Bonchev–Trinajstić information content (AvgIpc) is 1.84. The largest absolute Gasteiger partial charge is 0.342 e. The third-order valence-electron chi connectivity index (χ3n) is 1.25. The molecule has 2 amide bonds. The molecule has 0 aliphatic carbocycles. The second kappa shape index (κ2) is 2.73. The van der Waals surface area contributed by atoms with Gasteiger partial charge >= 0.3 is 0 Å². The number of carbonyl (C=O) groups is 2. The Morgan fingerprint density at radius 3 is 2.40 bits per heavy atom. The molecule has 2 N–H and O–H groups in total. The molecule has 1 saturated heterocycles. The minimum atomic E-state index is -0.415. The molecule has 0 aromatic heterocycles. The van der Waals surface area contributed by atoms with Crippen molar-refractivity contribution in [2.45, 2.75) is 17.0 Å². The van der Waals surface area contributed by atoms with E-state index in [4.69, 9.17) is 0 Å². The Morgan fingerprint density at radius 2 is 1.90 bits per heavy atom. The fourth-order valence-electron chi connectivity index (χ4n) is 0.668. The van der Waals surface area contributed by atoms with Crippen LogP contribution in [0.1, 0.15) is 6.92 Å². The van der Waals surface area contributed by atoms with Gasteiger partial charge in [0.25, 0.3) is 5.91 Å². The molecule has 1 aliphatic heterocycles. The lowest BCUT2D eigenvalue weighted by atomic mass is 10.2. The number of halogens is 1. The highest BCUT2D eigenvalue weighted by Gasteiger charge is 2.28. The van der Waals surface area contributed by atoms with Crippen molar-refractivity contribution in [3.8, 4) is 0 Å². The van der Waals surface area contributed by atoms with Crippen LogP contribution in [0.4, 0.5) is 0 Å². The van der Waals surface area contributed by atoms with E-state index in [0.717, 1.165) is 0 Å². The van der Waals surface area contributed by atoms with E-state index in [2.05, 4.69) is 10.6 Å². The van der Waals surface area contributed by atoms with E-state index in [-0.39, 0.29) is 11.8 Å². The average molecular weight is 254 g/mol. The van der Waals surface area contributed by atoms with Crippen LogP contribution in [-0.2, 0) is 9.59 Å². The Kier molecular flexibility index (Phi) is 2.12. The summed E-state index contributed by atoms with van der Waals surface area (Å²) in [4.78, 5) is 21.6. The van der Waals surface area contributed by atoms with Gasteiger partial charge in [-0.1, -0.05) is 0 Å². The fraction of sp³-hybridized carbons (Fsp3) is 0.600. The van der Waals surface area contributed by atoms with Gasteiger partial charge in [0.1, 0.15) is 6.04 Å². The highest BCUT2D eigenvalue weighted by Crippen LogP contribution is 2.02. The number of nitrogens with one attached hydrogen (secondary N) is 2. The van der Waals surface area contributed by atoms with E-state index in [1.807, 2.05) is 22.6 Å². The molecule has 4 nitrogen and oxygen atoms in total. The summed E-state index contributed by atoms with van der Waals surface area (Å²) in [7, 11) is 0. The third kappa shape index (κ3) is 1.39. The standard InChI is InChI=1S/C5H7IN2O2/c1-2-4(9)8-3(6)5(10)7-2/h2-3H,1H3,(H,7,10)(H,8,9)/t2-,3+/m1/s1. The van der Waals surface area contributed by atoms with Crippen molar-refractivity contribution in [2.24, 2.45) is 0 Å². The van der Waals surface area contributed by atoms with Gasteiger partial charge in [0.05, 0.1) is 0 Å². The Hall–Kier alpha value is -0.330. The molecule has 0 bridgehead atoms. The fourth-order valence-corrected chi connectivity index (χ4v) is 1.15. The minimum absolute atomic E-state index is 0.126. The molecule has 0 unspecified atom stereocenters. The first-order valence-electron chi connectivity index (χ1n) is 2.86. The van der Waals surface area contributed by atoms with Crippen LogP contribution in [0.15, 0.2) is 0 Å². The second-order valence-corrected chi connectivity index (χ2v) is 3.35. The number of carbonyl (C=O) groups excluding carboxylic acids is 2. The molecule has 0 aromatic rings. The van der Waals surface area contributed by atoms with Gasteiger partial charge in [-0.05, 0) is 29.5 Å². The molecule has 0 saturated carbocycles. The Balaban J connectivity index is 2.63. The van der Waals surface area contributed by atoms with Crippen molar-refractivity contribution < 1.29 is 9.59 Å². The van der Waals surface area contributed by atoms with Gasteiger partial charge in [-0.2, -0.15) is 0 Å². The lowest BCUT2D eigenvalue weighted by molar-refractivity contribution is -0.133. The number of piperazine rings is 1. The molecule has 5 heteroatoms. The normalized spacial score (nSPS) is 33.0. The SMILES string of the molecule is C[C@H]1NC(=O)[C@@H](I)NC1=O. The van der Waals surface area contributed by atoms with E-state index in [0.29, 0.717) is 0 Å². The van der Waals surface area contributed by atoms with Gasteiger partial charge < -0.3 is 10.6 Å². The van der Waals surface area contributed by atoms with Crippen LogP contribution >= 0.6 is 22.6 Å². The Bertz CT molecular complexity index is 162. The monoisotopic (exact) mass is 254 g/mol. The zero-order chi connectivity index (χ0) is 7.72. The Labute approximate surface area is 71.9 Å². The number of alkyl halides is 1. The molecule has 0 radical (unpaired) electrons. The molecular weight excluding hydrogens is 247 g/mol. The van der Waals surface area contributed by atoms with Crippen molar-refractivity contribution >= 4 is 34.4 Å². The predicted molar refractivity (Wildman–Crippen MR) is 43.6 cm³/mol. The zero-order valence-corrected chi connectivity index (χ0v) is 7.51. The van der Waals surface area contributed by atoms with Crippen LogP contribution in [0, 0.1) is 0 Å². The first-order valence-corrected chi connectivity index (χ1v) is 4.10. The molecule has 0 aromatic carbocycles. The van der Waals surface area contributed by atoms with Crippen molar-refractivity contribution in [3.63, 3.8) is 0 Å². The van der Waals surface area contributed by atoms with Crippen LogP contribution < -0.4 is 10.6 Å². The van der Waals surface area contributed by atoms with Gasteiger partial charge in [-0.3, -0.25) is 9.59 Å². The van der Waals surface area contributed by atoms with Crippen molar-refractivity contribution in [1.82, 2.24) is 10.6 Å². The molecule has 10 heavy (non-hydrogen) atoms. The smallest absolute Gasteiger partial charge is 0.253 e. The highest BCUT2D eigenvalue weighted by atomic mass is 127. The number of hydrogen-bond donors (Lipinski definition) is 2. The first-order chi connectivity index (χ1) is 4.61. The quantitative estimate of drug-likeness (QED) is 0.344. The summed E-state index contributed by atoms with van der Waals surface area (Å²) in [6, 6.07) is -0.390. The van der Waals surface area contributed by atoms with Gasteiger partial charge in [0.2, 0.25) is 5.91 Å². The molecule has 1 aliphatic rings. The lowest BCUT2D eigenvalue weighted by Gasteiger charge is -2.23. The van der Waals surface area contributed by atoms with E-state index in [1.165, 1.54) is 0 Å². The van der Waals surface area contributed by atoms with E-state index >= 15 is 0 Å². The number of amides is 2. The van der Waals surface area contributed by atoms with Crippen LogP contribution in [-0.4, -0.2) is 21.9 Å². The van der Waals surface area contributed by atoms with Crippen molar-refractivity contribution in [3.05, 3.63) is 0 Å². The molecular formula is C5H7IN2O2. The summed E-state index contributed by atoms with van der Waals surface area (Å²) in [6.45, 7) is 1.65. The minimum Gasteiger partial charge on any atom is -0.342 e. The summed E-state index contributed by atoms with van der Waals surface area (Å²) in [5.74, 6) is -0.258. The predicted octanol–water partition coefficient (Wildman–Crippen LogP) is -0.618. The second-order valence-electron chi connectivity index (χ2n) is 2.10. The van der Waals surface area contributed by atoms with Gasteiger partial charge in [-0.15, -0.1) is 0 Å². The van der Waals surface area contributed by atoms with Crippen LogP contribution in [0.2, 0.25) is 0 Å². The number of rotatable bonds is 0. The molecule has 1 heterocycles. The topological polar surface area (TPSA) is 58.2 Å². The van der Waals surface area contributed by atoms with Crippen molar-refractivity contribution in [1.29, 1.82) is 0 Å². The van der Waals surface area contributed by atoms with Crippen molar-refractivity contribution in [2.75, 3.05) is 0 Å². The molecule has 1 rings (SSSR count). The maximum absolute atomic E-state index is 10.8. The maximum Gasteiger partial charge on any atom is 0.253 e. The van der Waals surface area contributed by atoms with E-state index in [1.54, 1.807) is 6.92 Å². The molecule has 1 fully saturated rings. The Morgan fingerprint density at radius 1 is 1.30 bits per heavy atom. The summed E-state index contributed by atoms with van der Waals surface area (Å²) < 4.78 is -0.415. The van der Waals surface area contributed by atoms with Gasteiger partial charge in [-0.25, -0.2) is 0 Å². The van der Waals surface area contributed by atoms with E-state index in [9.17, 15) is 9.59 Å². The van der Waals surface area contributed by atoms with E-state index < -0.39 is 10.1 Å².